The van der Waals surface area contributed by atoms with E-state index in [0.29, 0.717) is 39.8 Å². The first-order valence-corrected chi connectivity index (χ1v) is 12.1. The Morgan fingerprint density at radius 2 is 1.50 bits per heavy atom. The molecule has 9 heteroatoms. The van der Waals surface area contributed by atoms with Crippen LogP contribution in [0.25, 0.3) is 0 Å². The van der Waals surface area contributed by atoms with Crippen LogP contribution in [-0.2, 0) is 26.5 Å². The van der Waals surface area contributed by atoms with Crippen molar-refractivity contribution in [2.24, 2.45) is 0 Å². The van der Waals surface area contributed by atoms with E-state index in [0.717, 1.165) is 11.1 Å². The van der Waals surface area contributed by atoms with Gasteiger partial charge in [-0.3, -0.25) is 4.57 Å². The van der Waals surface area contributed by atoms with Gasteiger partial charge in [0.05, 0.1) is 0 Å². The predicted molar refractivity (Wildman–Crippen MR) is 124 cm³/mol. The minimum atomic E-state index is -3.34. The fraction of sp³-hybridized carbons (Fsp3) is 0.217. The molecule has 170 valence electrons. The molecule has 0 radical (unpaired) electrons. The van der Waals surface area contributed by atoms with E-state index in [9.17, 15) is 14.1 Å². The van der Waals surface area contributed by atoms with Crippen molar-refractivity contribution < 1.29 is 27.8 Å². The van der Waals surface area contributed by atoms with Crippen LogP contribution in [0.1, 0.15) is 22.3 Å². The van der Waals surface area contributed by atoms with E-state index in [1.54, 1.807) is 36.4 Å². The quantitative estimate of drug-likeness (QED) is 0.327. The summed E-state index contributed by atoms with van der Waals surface area (Å²) in [5, 5.41) is 11.0. The van der Waals surface area contributed by atoms with Crippen molar-refractivity contribution in [2.75, 3.05) is 20.6 Å². The summed E-state index contributed by atoms with van der Waals surface area (Å²) in [4.78, 5) is 0. The Hall–Kier alpha value is -2.08. The Balaban J connectivity index is 1.78. The fourth-order valence-electron chi connectivity index (χ4n) is 3.08. The zero-order chi connectivity index (χ0) is 23.3. The van der Waals surface area contributed by atoms with Crippen molar-refractivity contribution in [1.29, 1.82) is 0 Å². The summed E-state index contributed by atoms with van der Waals surface area (Å²) in [6, 6.07) is 14.6. The molecular formula is C23H22Cl2FO5P. The number of halogens is 3. The highest BCUT2D eigenvalue weighted by atomic mass is 35.5. The van der Waals surface area contributed by atoms with Crippen LogP contribution in [-0.4, -0.2) is 25.7 Å². The SMILES string of the molecule is COP(=O)(COc1cc(Cl)c(Cc2ccc(O)c(Cc3ccc(F)cc3)c2)c(Cl)c1)OC. The molecule has 1 N–H and O–H groups in total. The smallest absolute Gasteiger partial charge is 0.367 e. The lowest BCUT2D eigenvalue weighted by molar-refractivity contribution is 0.240. The summed E-state index contributed by atoms with van der Waals surface area (Å²) in [5.41, 5.74) is 3.15. The zero-order valence-electron chi connectivity index (χ0n) is 17.5. The summed E-state index contributed by atoms with van der Waals surface area (Å²) in [7, 11) is -0.786. The van der Waals surface area contributed by atoms with Crippen molar-refractivity contribution in [3.05, 3.63) is 92.7 Å². The molecule has 0 fully saturated rings. The number of rotatable bonds is 9. The van der Waals surface area contributed by atoms with Gasteiger partial charge in [0, 0.05) is 37.1 Å². The van der Waals surface area contributed by atoms with Crippen molar-refractivity contribution in [3.8, 4) is 11.5 Å². The molecule has 32 heavy (non-hydrogen) atoms. The van der Waals surface area contributed by atoms with E-state index < -0.39 is 7.60 Å². The lowest BCUT2D eigenvalue weighted by Gasteiger charge is -2.16. The Labute approximate surface area is 196 Å². The van der Waals surface area contributed by atoms with Gasteiger partial charge in [0.2, 0.25) is 0 Å². The normalized spacial score (nSPS) is 11.5. The summed E-state index contributed by atoms with van der Waals surface area (Å²) in [5.74, 6) is 0.177. The van der Waals surface area contributed by atoms with Crippen LogP contribution in [0.3, 0.4) is 0 Å². The Bertz CT molecular complexity index is 1110. The highest BCUT2D eigenvalue weighted by molar-refractivity contribution is 7.53. The van der Waals surface area contributed by atoms with Gasteiger partial charge in [0.25, 0.3) is 0 Å². The lowest BCUT2D eigenvalue weighted by Crippen LogP contribution is -2.03. The maximum absolute atomic E-state index is 13.1. The van der Waals surface area contributed by atoms with Crippen LogP contribution in [0.2, 0.25) is 10.0 Å². The average molecular weight is 499 g/mol. The minimum Gasteiger partial charge on any atom is -0.508 e. The van der Waals surface area contributed by atoms with E-state index in [4.69, 9.17) is 37.0 Å². The second-order valence-electron chi connectivity index (χ2n) is 7.06. The molecule has 0 aliphatic rings. The average Bonchev–Trinajstić information content (AvgIpc) is 2.78. The molecule has 0 atom stereocenters. The number of phenolic OH excluding ortho intramolecular Hbond substituents is 1. The number of benzene rings is 3. The molecule has 0 spiro atoms. The fourth-order valence-corrected chi connectivity index (χ4v) is 4.35. The van der Waals surface area contributed by atoms with Crippen LogP contribution in [0.4, 0.5) is 4.39 Å². The predicted octanol–water partition coefficient (Wildman–Crippen LogP) is 6.84. The van der Waals surface area contributed by atoms with E-state index in [2.05, 4.69) is 0 Å². The molecule has 3 rings (SSSR count). The summed E-state index contributed by atoms with van der Waals surface area (Å²) < 4.78 is 40.5. The van der Waals surface area contributed by atoms with Crippen LogP contribution in [0.15, 0.2) is 54.6 Å². The summed E-state index contributed by atoms with van der Waals surface area (Å²) in [6.45, 7) is 0. The number of hydrogen-bond acceptors (Lipinski definition) is 5. The molecule has 0 aromatic heterocycles. The number of aromatic hydroxyl groups is 1. The molecule has 0 saturated carbocycles. The molecule has 0 heterocycles. The molecule has 3 aromatic rings. The molecule has 0 saturated heterocycles. The first-order chi connectivity index (χ1) is 15.2. The van der Waals surface area contributed by atoms with Gasteiger partial charge < -0.3 is 18.9 Å². The number of phenols is 1. The molecule has 0 bridgehead atoms. The number of hydrogen-bond donors (Lipinski definition) is 1. The van der Waals surface area contributed by atoms with E-state index in [-0.39, 0.29) is 17.9 Å². The van der Waals surface area contributed by atoms with Crippen molar-refractivity contribution in [2.45, 2.75) is 12.8 Å². The molecule has 5 nitrogen and oxygen atoms in total. The van der Waals surface area contributed by atoms with E-state index in [1.165, 1.54) is 26.4 Å². The van der Waals surface area contributed by atoms with Gasteiger partial charge >= 0.3 is 7.60 Å². The van der Waals surface area contributed by atoms with Gasteiger partial charge in [-0.2, -0.15) is 0 Å². The second kappa shape index (κ2) is 10.7. The summed E-state index contributed by atoms with van der Waals surface area (Å²) in [6.07, 6.45) is 0.591. The Morgan fingerprint density at radius 1 is 0.906 bits per heavy atom. The third kappa shape index (κ3) is 6.25. The topological polar surface area (TPSA) is 65.0 Å². The molecule has 0 unspecified atom stereocenters. The Kier molecular flexibility index (Phi) is 8.21. The molecule has 0 aliphatic carbocycles. The minimum absolute atomic E-state index is 0.153. The Morgan fingerprint density at radius 3 is 2.09 bits per heavy atom. The number of ether oxygens (including phenoxy) is 1. The van der Waals surface area contributed by atoms with Gasteiger partial charge in [0.15, 0.2) is 6.35 Å². The highest BCUT2D eigenvalue weighted by Crippen LogP contribution is 2.46. The molecule has 3 aromatic carbocycles. The van der Waals surface area contributed by atoms with Crippen molar-refractivity contribution in [1.82, 2.24) is 0 Å². The van der Waals surface area contributed by atoms with Crippen LogP contribution in [0, 0.1) is 5.82 Å². The van der Waals surface area contributed by atoms with Gasteiger partial charge in [-0.1, -0.05) is 47.5 Å². The molecule has 0 amide bonds. The van der Waals surface area contributed by atoms with Crippen LogP contribution >= 0.6 is 30.8 Å². The second-order valence-corrected chi connectivity index (χ2v) is 10.1. The highest BCUT2D eigenvalue weighted by Gasteiger charge is 2.22. The summed E-state index contributed by atoms with van der Waals surface area (Å²) >= 11 is 12.9. The van der Waals surface area contributed by atoms with Gasteiger partial charge in [-0.05, 0) is 52.6 Å². The van der Waals surface area contributed by atoms with Gasteiger partial charge in [0.1, 0.15) is 17.3 Å². The van der Waals surface area contributed by atoms with Crippen LogP contribution in [0.5, 0.6) is 11.5 Å². The largest absolute Gasteiger partial charge is 0.508 e. The van der Waals surface area contributed by atoms with Gasteiger partial charge in [-0.15, -0.1) is 0 Å². The first kappa shape index (κ1) is 24.6. The van der Waals surface area contributed by atoms with E-state index >= 15 is 0 Å². The maximum Gasteiger partial charge on any atom is 0.367 e. The molecule has 0 aliphatic heterocycles. The van der Waals surface area contributed by atoms with Gasteiger partial charge in [-0.25, -0.2) is 4.39 Å². The third-order valence-electron chi connectivity index (χ3n) is 4.89. The van der Waals surface area contributed by atoms with Crippen molar-refractivity contribution >= 4 is 30.8 Å². The molecular weight excluding hydrogens is 477 g/mol. The standard InChI is InChI=1S/C23H22Cl2FO5P/c1-29-32(28,30-2)14-31-19-12-21(24)20(22(25)13-19)11-16-5-8-23(27)17(10-16)9-15-3-6-18(26)7-4-15/h3-8,10,12-13,27H,9,11,14H2,1-2H3. The zero-order valence-corrected chi connectivity index (χ0v) is 19.9. The maximum atomic E-state index is 13.1. The lowest BCUT2D eigenvalue weighted by atomic mass is 9.98. The third-order valence-corrected chi connectivity index (χ3v) is 7.13. The van der Waals surface area contributed by atoms with E-state index in [1.807, 2.05) is 6.07 Å². The first-order valence-electron chi connectivity index (χ1n) is 9.59. The van der Waals surface area contributed by atoms with Crippen molar-refractivity contribution in [3.63, 3.8) is 0 Å². The van der Waals surface area contributed by atoms with Crippen LogP contribution < -0.4 is 4.74 Å². The monoisotopic (exact) mass is 498 g/mol.